The fraction of sp³-hybridized carbons (Fsp3) is 0.438. The molecule has 2 rings (SSSR count). The van der Waals surface area contributed by atoms with Gasteiger partial charge in [0.1, 0.15) is 5.75 Å². The number of nitrogens with zero attached hydrogens (tertiary/aromatic N) is 1. The summed E-state index contributed by atoms with van der Waals surface area (Å²) < 4.78 is 5.28. The lowest BCUT2D eigenvalue weighted by Gasteiger charge is -2.20. The third-order valence-corrected chi connectivity index (χ3v) is 3.89. The monoisotopic (exact) mass is 320 g/mol. The van der Waals surface area contributed by atoms with Gasteiger partial charge >= 0.3 is 5.97 Å². The van der Waals surface area contributed by atoms with Crippen molar-refractivity contribution < 1.29 is 24.2 Å². The van der Waals surface area contributed by atoms with E-state index in [-0.39, 0.29) is 25.6 Å². The van der Waals surface area contributed by atoms with Crippen molar-refractivity contribution in [2.24, 2.45) is 5.41 Å². The Morgan fingerprint density at radius 1 is 1.30 bits per heavy atom. The Labute approximate surface area is 134 Å². The van der Waals surface area contributed by atoms with E-state index in [1.165, 1.54) is 4.90 Å². The molecule has 1 aromatic carbocycles. The fourth-order valence-corrected chi connectivity index (χ4v) is 2.35. The molecular weight excluding hydrogens is 300 g/mol. The molecule has 7 nitrogen and oxygen atoms in total. The van der Waals surface area contributed by atoms with Crippen LogP contribution >= 0.6 is 0 Å². The Morgan fingerprint density at radius 3 is 2.61 bits per heavy atom. The summed E-state index contributed by atoms with van der Waals surface area (Å²) in [5.74, 6) is -1.02. The standard InChI is InChI=1S/C16H20N2O5/c1-16(15(21)22)7-8-18(11-16)14(20)9-17-13(19)10-23-12-5-3-2-4-6-12/h2-6H,7-11H2,1H3,(H,17,19)(H,21,22). The number of ether oxygens (including phenoxy) is 1. The maximum Gasteiger partial charge on any atom is 0.311 e. The number of hydrogen-bond acceptors (Lipinski definition) is 4. The number of para-hydroxylation sites is 1. The maximum absolute atomic E-state index is 12.0. The molecule has 0 bridgehead atoms. The quantitative estimate of drug-likeness (QED) is 0.796. The zero-order valence-corrected chi connectivity index (χ0v) is 12.9. The minimum atomic E-state index is -0.909. The Morgan fingerprint density at radius 2 is 2.00 bits per heavy atom. The van der Waals surface area contributed by atoms with E-state index < -0.39 is 17.3 Å². The predicted molar refractivity (Wildman–Crippen MR) is 81.9 cm³/mol. The number of nitrogens with one attached hydrogen (secondary N) is 1. The van der Waals surface area contributed by atoms with Gasteiger partial charge in [0.05, 0.1) is 12.0 Å². The van der Waals surface area contributed by atoms with Crippen LogP contribution in [0.3, 0.4) is 0 Å². The lowest BCUT2D eigenvalue weighted by atomic mass is 9.90. The van der Waals surface area contributed by atoms with Gasteiger partial charge < -0.3 is 20.1 Å². The maximum atomic E-state index is 12.0. The van der Waals surface area contributed by atoms with Crippen LogP contribution in [0.25, 0.3) is 0 Å². The molecule has 0 saturated carbocycles. The predicted octanol–water partition coefficient (Wildman–Crippen LogP) is 0.505. The number of amides is 2. The van der Waals surface area contributed by atoms with Crippen LogP contribution < -0.4 is 10.1 Å². The van der Waals surface area contributed by atoms with Crippen LogP contribution in [0.4, 0.5) is 0 Å². The second-order valence-corrected chi connectivity index (χ2v) is 5.81. The molecule has 0 spiro atoms. The van der Waals surface area contributed by atoms with Crippen LogP contribution in [0.1, 0.15) is 13.3 Å². The van der Waals surface area contributed by atoms with E-state index in [1.807, 2.05) is 6.07 Å². The van der Waals surface area contributed by atoms with Crippen molar-refractivity contribution >= 4 is 17.8 Å². The highest BCUT2D eigenvalue weighted by Crippen LogP contribution is 2.29. The lowest BCUT2D eigenvalue weighted by molar-refractivity contribution is -0.147. The Kier molecular flexibility index (Phi) is 5.20. The van der Waals surface area contributed by atoms with Gasteiger partial charge in [-0.25, -0.2) is 0 Å². The molecule has 1 aliphatic heterocycles. The largest absolute Gasteiger partial charge is 0.484 e. The molecule has 1 saturated heterocycles. The van der Waals surface area contributed by atoms with Gasteiger partial charge in [-0.05, 0) is 25.5 Å². The van der Waals surface area contributed by atoms with Crippen molar-refractivity contribution in [1.82, 2.24) is 10.2 Å². The summed E-state index contributed by atoms with van der Waals surface area (Å²) in [5.41, 5.74) is -0.907. The molecule has 124 valence electrons. The highest BCUT2D eigenvalue weighted by Gasteiger charge is 2.41. The van der Waals surface area contributed by atoms with Crippen LogP contribution in [-0.2, 0) is 14.4 Å². The van der Waals surface area contributed by atoms with Gasteiger partial charge in [0.2, 0.25) is 5.91 Å². The van der Waals surface area contributed by atoms with Crippen molar-refractivity contribution in [2.45, 2.75) is 13.3 Å². The first-order valence-electron chi connectivity index (χ1n) is 7.36. The average molecular weight is 320 g/mol. The number of carbonyl (C=O) groups is 3. The Bertz CT molecular complexity index is 589. The zero-order valence-electron chi connectivity index (χ0n) is 12.9. The van der Waals surface area contributed by atoms with Gasteiger partial charge in [-0.2, -0.15) is 0 Å². The van der Waals surface area contributed by atoms with Gasteiger partial charge in [-0.3, -0.25) is 14.4 Å². The van der Waals surface area contributed by atoms with E-state index >= 15 is 0 Å². The Balaban J connectivity index is 1.72. The van der Waals surface area contributed by atoms with Crippen molar-refractivity contribution in [3.05, 3.63) is 30.3 Å². The average Bonchev–Trinajstić information content (AvgIpc) is 2.95. The minimum absolute atomic E-state index is 0.160. The molecule has 1 fully saturated rings. The lowest BCUT2D eigenvalue weighted by Crippen LogP contribution is -2.42. The third kappa shape index (κ3) is 4.45. The van der Waals surface area contributed by atoms with Crippen LogP contribution in [0.5, 0.6) is 5.75 Å². The first-order chi connectivity index (χ1) is 10.9. The highest BCUT2D eigenvalue weighted by molar-refractivity contribution is 5.86. The Hall–Kier alpha value is -2.57. The van der Waals surface area contributed by atoms with Crippen molar-refractivity contribution in [3.8, 4) is 5.75 Å². The van der Waals surface area contributed by atoms with Gasteiger partial charge in [-0.1, -0.05) is 18.2 Å². The van der Waals surface area contributed by atoms with Crippen molar-refractivity contribution in [3.63, 3.8) is 0 Å². The molecule has 7 heteroatoms. The van der Waals surface area contributed by atoms with Crippen LogP contribution in [0, 0.1) is 5.41 Å². The number of benzene rings is 1. The van der Waals surface area contributed by atoms with E-state index in [0.717, 1.165) is 0 Å². The minimum Gasteiger partial charge on any atom is -0.484 e. The zero-order chi connectivity index (χ0) is 16.9. The van der Waals surface area contributed by atoms with E-state index in [1.54, 1.807) is 31.2 Å². The van der Waals surface area contributed by atoms with E-state index in [0.29, 0.717) is 18.7 Å². The third-order valence-electron chi connectivity index (χ3n) is 3.89. The summed E-state index contributed by atoms with van der Waals surface area (Å²) in [5, 5.41) is 11.6. The molecule has 23 heavy (non-hydrogen) atoms. The first kappa shape index (κ1) is 16.8. The van der Waals surface area contributed by atoms with Crippen molar-refractivity contribution in [1.29, 1.82) is 0 Å². The second kappa shape index (κ2) is 7.13. The van der Waals surface area contributed by atoms with Gasteiger partial charge in [0, 0.05) is 13.1 Å². The van der Waals surface area contributed by atoms with E-state index in [2.05, 4.69) is 5.32 Å². The molecule has 1 atom stereocenters. The number of likely N-dealkylation sites (tertiary alicyclic amines) is 1. The number of carbonyl (C=O) groups excluding carboxylic acids is 2. The number of hydrogen-bond donors (Lipinski definition) is 2. The van der Waals surface area contributed by atoms with Crippen LogP contribution in [0.15, 0.2) is 30.3 Å². The summed E-state index contributed by atoms with van der Waals surface area (Å²) in [7, 11) is 0. The highest BCUT2D eigenvalue weighted by atomic mass is 16.5. The molecule has 0 aromatic heterocycles. The van der Waals surface area contributed by atoms with Gasteiger partial charge in [-0.15, -0.1) is 0 Å². The topological polar surface area (TPSA) is 95.9 Å². The van der Waals surface area contributed by atoms with Gasteiger partial charge in [0.25, 0.3) is 5.91 Å². The smallest absolute Gasteiger partial charge is 0.311 e. The van der Waals surface area contributed by atoms with Gasteiger partial charge in [0.15, 0.2) is 6.61 Å². The summed E-state index contributed by atoms with van der Waals surface area (Å²) in [4.78, 5) is 36.3. The van der Waals surface area contributed by atoms with Crippen molar-refractivity contribution in [2.75, 3.05) is 26.2 Å². The fourth-order valence-electron chi connectivity index (χ4n) is 2.35. The summed E-state index contributed by atoms with van der Waals surface area (Å²) in [6.45, 7) is 1.83. The molecule has 2 amide bonds. The normalized spacial score (nSPS) is 20.1. The molecule has 1 aliphatic rings. The molecule has 0 aliphatic carbocycles. The van der Waals surface area contributed by atoms with Crippen LogP contribution in [0.2, 0.25) is 0 Å². The summed E-state index contributed by atoms with van der Waals surface area (Å²) >= 11 is 0. The SMILES string of the molecule is CC1(C(=O)O)CCN(C(=O)CNC(=O)COc2ccccc2)C1. The molecule has 1 aromatic rings. The number of aliphatic carboxylic acids is 1. The van der Waals surface area contributed by atoms with E-state index in [4.69, 9.17) is 9.84 Å². The number of carboxylic acid groups (broad SMARTS) is 1. The molecule has 1 unspecified atom stereocenters. The van der Waals surface area contributed by atoms with E-state index in [9.17, 15) is 14.4 Å². The molecule has 2 N–H and O–H groups in total. The summed E-state index contributed by atoms with van der Waals surface area (Å²) in [6, 6.07) is 8.89. The van der Waals surface area contributed by atoms with Crippen LogP contribution in [-0.4, -0.2) is 54.0 Å². The summed E-state index contributed by atoms with van der Waals surface area (Å²) in [6.07, 6.45) is 0.416. The molecular formula is C16H20N2O5. The molecule has 1 heterocycles. The first-order valence-corrected chi connectivity index (χ1v) is 7.36. The number of rotatable bonds is 6. The molecule has 0 radical (unpaired) electrons. The second-order valence-electron chi connectivity index (χ2n) is 5.81. The number of carboxylic acids is 1.